The number of aromatic nitrogens is 1. The molecule has 108 valence electrons. The van der Waals surface area contributed by atoms with Crippen LogP contribution in [0, 0.1) is 0 Å². The fraction of sp³-hybridized carbons (Fsp3) is 0.176. The number of carbonyl (C=O) groups is 1. The Bertz CT molecular complexity index is 946. The molecule has 0 bridgehead atoms. The molecule has 2 aliphatic rings. The summed E-state index contributed by atoms with van der Waals surface area (Å²) >= 11 is 0. The van der Waals surface area contributed by atoms with Gasteiger partial charge in [0.2, 0.25) is 5.91 Å². The molecule has 3 aromatic rings. The van der Waals surface area contributed by atoms with Crippen molar-refractivity contribution in [2.24, 2.45) is 0 Å². The van der Waals surface area contributed by atoms with E-state index in [4.69, 9.17) is 9.26 Å². The van der Waals surface area contributed by atoms with Gasteiger partial charge in [0, 0.05) is 29.8 Å². The summed E-state index contributed by atoms with van der Waals surface area (Å²) in [6.45, 7) is 0.322. The first kappa shape index (κ1) is 11.8. The van der Waals surface area contributed by atoms with Crippen LogP contribution in [-0.2, 0) is 10.2 Å². The first-order valence-corrected chi connectivity index (χ1v) is 7.11. The van der Waals surface area contributed by atoms with E-state index in [2.05, 4.69) is 5.16 Å². The van der Waals surface area contributed by atoms with Gasteiger partial charge in [-0.2, -0.15) is 0 Å². The van der Waals surface area contributed by atoms with Crippen LogP contribution in [-0.4, -0.2) is 24.7 Å². The minimum absolute atomic E-state index is 0.0447. The van der Waals surface area contributed by atoms with Crippen molar-refractivity contribution in [1.29, 1.82) is 0 Å². The molecule has 2 aromatic carbocycles. The first-order valence-electron chi connectivity index (χ1n) is 7.11. The minimum Gasteiger partial charge on any atom is -0.491 e. The smallest absolute Gasteiger partial charge is 0.245 e. The Hall–Kier alpha value is -2.82. The van der Waals surface area contributed by atoms with Crippen LogP contribution < -0.4 is 9.64 Å². The van der Waals surface area contributed by atoms with Crippen LogP contribution in [0.4, 0.5) is 5.69 Å². The van der Waals surface area contributed by atoms with E-state index < -0.39 is 5.41 Å². The number of rotatable bonds is 0. The van der Waals surface area contributed by atoms with Crippen molar-refractivity contribution in [2.45, 2.75) is 5.41 Å². The largest absolute Gasteiger partial charge is 0.491 e. The molecular weight excluding hydrogens is 280 g/mol. The molecule has 5 heteroatoms. The van der Waals surface area contributed by atoms with Gasteiger partial charge < -0.3 is 14.2 Å². The van der Waals surface area contributed by atoms with Gasteiger partial charge in [0.15, 0.2) is 5.58 Å². The van der Waals surface area contributed by atoms with Crippen LogP contribution in [0.15, 0.2) is 47.1 Å². The van der Waals surface area contributed by atoms with E-state index in [1.165, 1.54) is 0 Å². The predicted molar refractivity (Wildman–Crippen MR) is 80.1 cm³/mol. The SMILES string of the molecule is CN1C(=O)C2(COc3cc4oncc4cc32)c2ccccc21. The maximum atomic E-state index is 13.0. The van der Waals surface area contributed by atoms with Crippen molar-refractivity contribution >= 4 is 22.6 Å². The molecule has 2 aliphatic heterocycles. The highest BCUT2D eigenvalue weighted by molar-refractivity contribution is 6.11. The molecule has 1 aromatic heterocycles. The number of fused-ring (bicyclic) bond motifs is 5. The predicted octanol–water partition coefficient (Wildman–Crippen LogP) is 2.48. The minimum atomic E-state index is -0.758. The van der Waals surface area contributed by atoms with Crippen molar-refractivity contribution in [3.05, 3.63) is 53.7 Å². The molecule has 1 amide bonds. The first-order chi connectivity index (χ1) is 10.7. The molecule has 1 atom stereocenters. The van der Waals surface area contributed by atoms with Gasteiger partial charge in [-0.15, -0.1) is 0 Å². The third kappa shape index (κ3) is 1.16. The number of hydrogen-bond donors (Lipinski definition) is 0. The van der Waals surface area contributed by atoms with Gasteiger partial charge in [-0.3, -0.25) is 4.79 Å². The molecule has 0 aliphatic carbocycles. The second kappa shape index (κ2) is 3.68. The quantitative estimate of drug-likeness (QED) is 0.639. The van der Waals surface area contributed by atoms with Gasteiger partial charge >= 0.3 is 0 Å². The lowest BCUT2D eigenvalue weighted by atomic mass is 9.77. The molecule has 5 rings (SSSR count). The van der Waals surface area contributed by atoms with E-state index in [1.807, 2.05) is 43.4 Å². The molecule has 0 fully saturated rings. The molecule has 0 saturated heterocycles. The van der Waals surface area contributed by atoms with Crippen LogP contribution in [0.25, 0.3) is 11.0 Å². The summed E-state index contributed by atoms with van der Waals surface area (Å²) in [4.78, 5) is 14.7. The average Bonchev–Trinajstić information content (AvgIpc) is 3.20. The van der Waals surface area contributed by atoms with Crippen LogP contribution >= 0.6 is 0 Å². The number of para-hydroxylation sites is 1. The van der Waals surface area contributed by atoms with Crippen molar-refractivity contribution in [2.75, 3.05) is 18.6 Å². The summed E-state index contributed by atoms with van der Waals surface area (Å²) in [5.74, 6) is 0.742. The van der Waals surface area contributed by atoms with Gasteiger partial charge in [-0.25, -0.2) is 0 Å². The van der Waals surface area contributed by atoms with Crippen LogP contribution in [0.2, 0.25) is 0 Å². The normalized spacial score (nSPS) is 22.2. The summed E-state index contributed by atoms with van der Waals surface area (Å²) in [6.07, 6.45) is 1.66. The molecular formula is C17H12N2O3. The van der Waals surface area contributed by atoms with Gasteiger partial charge in [-0.1, -0.05) is 23.4 Å². The number of likely N-dealkylation sites (N-methyl/N-ethyl adjacent to an activating group) is 1. The highest BCUT2D eigenvalue weighted by Gasteiger charge is 2.56. The average molecular weight is 292 g/mol. The summed E-state index contributed by atoms with van der Waals surface area (Å²) in [5, 5.41) is 4.69. The van der Waals surface area contributed by atoms with E-state index in [1.54, 1.807) is 11.1 Å². The fourth-order valence-corrected chi connectivity index (χ4v) is 3.65. The van der Waals surface area contributed by atoms with E-state index in [0.717, 1.165) is 22.2 Å². The van der Waals surface area contributed by atoms with Crippen molar-refractivity contribution < 1.29 is 14.1 Å². The molecule has 0 saturated carbocycles. The maximum Gasteiger partial charge on any atom is 0.245 e. The van der Waals surface area contributed by atoms with Crippen LogP contribution in [0.3, 0.4) is 0 Å². The monoisotopic (exact) mass is 292 g/mol. The van der Waals surface area contributed by atoms with Crippen molar-refractivity contribution in [1.82, 2.24) is 5.16 Å². The van der Waals surface area contributed by atoms with E-state index in [-0.39, 0.29) is 5.91 Å². The van der Waals surface area contributed by atoms with Crippen molar-refractivity contribution in [3.63, 3.8) is 0 Å². The number of anilines is 1. The second-order valence-corrected chi connectivity index (χ2v) is 5.79. The van der Waals surface area contributed by atoms with E-state index >= 15 is 0 Å². The van der Waals surface area contributed by atoms with E-state index in [0.29, 0.717) is 17.9 Å². The number of benzene rings is 2. The lowest BCUT2D eigenvalue weighted by Gasteiger charge is -2.21. The second-order valence-electron chi connectivity index (χ2n) is 5.79. The Morgan fingerprint density at radius 2 is 2.09 bits per heavy atom. The van der Waals surface area contributed by atoms with Gasteiger partial charge in [0.1, 0.15) is 17.8 Å². The third-order valence-electron chi connectivity index (χ3n) is 4.75. The summed E-state index contributed by atoms with van der Waals surface area (Å²) < 4.78 is 11.0. The lowest BCUT2D eigenvalue weighted by molar-refractivity contribution is -0.121. The molecule has 1 spiro atoms. The molecule has 5 nitrogen and oxygen atoms in total. The highest BCUT2D eigenvalue weighted by atomic mass is 16.5. The number of hydrogen-bond acceptors (Lipinski definition) is 4. The maximum absolute atomic E-state index is 13.0. The number of carbonyl (C=O) groups excluding carboxylic acids is 1. The van der Waals surface area contributed by atoms with Crippen LogP contribution in [0.5, 0.6) is 5.75 Å². The van der Waals surface area contributed by atoms with E-state index in [9.17, 15) is 4.79 Å². The van der Waals surface area contributed by atoms with Gasteiger partial charge in [-0.05, 0) is 17.7 Å². The number of ether oxygens (including phenoxy) is 1. The topological polar surface area (TPSA) is 55.6 Å². The Balaban J connectivity index is 1.86. The third-order valence-corrected chi connectivity index (χ3v) is 4.75. The standard InChI is InChI=1S/C17H12N2O3/c1-19-13-5-3-2-4-11(13)17(16(19)20)9-21-15-7-14-10(6-12(15)17)8-18-22-14/h2-8H,9H2,1H3. The molecule has 22 heavy (non-hydrogen) atoms. The zero-order valence-corrected chi connectivity index (χ0v) is 11.9. The zero-order valence-electron chi connectivity index (χ0n) is 11.9. The zero-order chi connectivity index (χ0) is 14.9. The Kier molecular flexibility index (Phi) is 1.97. The summed E-state index contributed by atoms with van der Waals surface area (Å²) in [5.41, 5.74) is 2.74. The Labute approximate surface area is 126 Å². The molecule has 3 heterocycles. The summed E-state index contributed by atoms with van der Waals surface area (Å²) in [6, 6.07) is 11.7. The molecule has 0 N–H and O–H groups in total. The molecule has 0 radical (unpaired) electrons. The summed E-state index contributed by atoms with van der Waals surface area (Å²) in [7, 11) is 1.81. The number of nitrogens with zero attached hydrogens (tertiary/aromatic N) is 2. The van der Waals surface area contributed by atoms with Gasteiger partial charge in [0.05, 0.1) is 6.20 Å². The van der Waals surface area contributed by atoms with Gasteiger partial charge in [0.25, 0.3) is 0 Å². The Morgan fingerprint density at radius 1 is 1.23 bits per heavy atom. The molecule has 1 unspecified atom stereocenters. The Morgan fingerprint density at radius 3 is 3.00 bits per heavy atom. The van der Waals surface area contributed by atoms with Crippen LogP contribution in [0.1, 0.15) is 11.1 Å². The lowest BCUT2D eigenvalue weighted by Crippen LogP contribution is -2.40. The number of amides is 1. The van der Waals surface area contributed by atoms with Crippen molar-refractivity contribution in [3.8, 4) is 5.75 Å². The fourth-order valence-electron chi connectivity index (χ4n) is 3.65. The highest BCUT2D eigenvalue weighted by Crippen LogP contribution is 2.52.